The molecule has 0 aromatic heterocycles. The van der Waals surface area contributed by atoms with Crippen LogP contribution < -0.4 is 5.32 Å². The van der Waals surface area contributed by atoms with Crippen molar-refractivity contribution < 1.29 is 19.4 Å². The molecule has 2 N–H and O–H groups in total. The molecule has 2 fully saturated rings. The van der Waals surface area contributed by atoms with Gasteiger partial charge >= 0.3 is 5.97 Å². The molecule has 0 saturated carbocycles. The van der Waals surface area contributed by atoms with E-state index in [1.54, 1.807) is 11.9 Å². The van der Waals surface area contributed by atoms with Crippen LogP contribution in [0.1, 0.15) is 32.1 Å². The van der Waals surface area contributed by atoms with Crippen molar-refractivity contribution in [2.75, 3.05) is 26.8 Å². The zero-order valence-corrected chi connectivity index (χ0v) is 12.0. The molecule has 3 atom stereocenters. The summed E-state index contributed by atoms with van der Waals surface area (Å²) < 4.78 is 5.21. The molecule has 2 rings (SSSR count). The molecule has 6 nitrogen and oxygen atoms in total. The van der Waals surface area contributed by atoms with E-state index >= 15 is 0 Å². The molecule has 1 amide bonds. The van der Waals surface area contributed by atoms with Gasteiger partial charge in [0.2, 0.25) is 5.91 Å². The van der Waals surface area contributed by atoms with Crippen LogP contribution in [0.25, 0.3) is 0 Å². The topological polar surface area (TPSA) is 78.9 Å². The largest absolute Gasteiger partial charge is 0.481 e. The lowest BCUT2D eigenvalue weighted by Gasteiger charge is -2.28. The van der Waals surface area contributed by atoms with Gasteiger partial charge in [0, 0.05) is 19.5 Å². The Morgan fingerprint density at radius 3 is 2.80 bits per heavy atom. The number of carboxylic acids is 1. The van der Waals surface area contributed by atoms with Crippen molar-refractivity contribution >= 4 is 11.9 Å². The molecule has 6 heteroatoms. The average Bonchev–Trinajstić information content (AvgIpc) is 2.94. The van der Waals surface area contributed by atoms with Gasteiger partial charge in [0.1, 0.15) is 5.92 Å². The summed E-state index contributed by atoms with van der Waals surface area (Å²) in [7, 11) is 1.69. The predicted molar refractivity (Wildman–Crippen MR) is 73.4 cm³/mol. The van der Waals surface area contributed by atoms with Crippen molar-refractivity contribution in [1.82, 2.24) is 10.2 Å². The maximum atomic E-state index is 12.2. The summed E-state index contributed by atoms with van der Waals surface area (Å²) in [6.07, 6.45) is 4.86. The number of ether oxygens (including phenoxy) is 1. The number of carbonyl (C=O) groups is 2. The number of carboxylic acid groups (broad SMARTS) is 1. The van der Waals surface area contributed by atoms with Gasteiger partial charge in [0.05, 0.1) is 19.3 Å². The summed E-state index contributed by atoms with van der Waals surface area (Å²) in [6, 6.07) is 0.0931. The van der Waals surface area contributed by atoms with Crippen LogP contribution >= 0.6 is 0 Å². The number of rotatable bonds is 5. The van der Waals surface area contributed by atoms with Crippen molar-refractivity contribution in [3.8, 4) is 0 Å². The Morgan fingerprint density at radius 1 is 1.35 bits per heavy atom. The van der Waals surface area contributed by atoms with Gasteiger partial charge in [-0.2, -0.15) is 0 Å². The molecule has 2 saturated heterocycles. The van der Waals surface area contributed by atoms with Gasteiger partial charge in [-0.15, -0.1) is 0 Å². The van der Waals surface area contributed by atoms with Crippen molar-refractivity contribution in [3.63, 3.8) is 0 Å². The van der Waals surface area contributed by atoms with Crippen LogP contribution in [0.15, 0.2) is 0 Å². The summed E-state index contributed by atoms with van der Waals surface area (Å²) in [5, 5.41) is 12.5. The zero-order valence-electron chi connectivity index (χ0n) is 12.0. The van der Waals surface area contributed by atoms with Crippen LogP contribution in [-0.2, 0) is 14.3 Å². The molecule has 0 aromatic rings. The van der Waals surface area contributed by atoms with E-state index in [0.29, 0.717) is 19.1 Å². The number of carbonyl (C=O) groups excluding carboxylic acids is 1. The van der Waals surface area contributed by atoms with Gasteiger partial charge in [0.15, 0.2) is 0 Å². The van der Waals surface area contributed by atoms with E-state index in [0.717, 1.165) is 19.4 Å². The second-order valence-electron chi connectivity index (χ2n) is 5.74. The molecular formula is C14H24N2O4. The molecule has 0 aliphatic carbocycles. The van der Waals surface area contributed by atoms with Gasteiger partial charge in [-0.25, -0.2) is 0 Å². The Bertz CT molecular complexity index is 355. The molecule has 0 aromatic carbocycles. The summed E-state index contributed by atoms with van der Waals surface area (Å²) >= 11 is 0. The highest BCUT2D eigenvalue weighted by molar-refractivity contribution is 5.78. The molecular weight excluding hydrogens is 260 g/mol. The van der Waals surface area contributed by atoms with Crippen LogP contribution in [0.4, 0.5) is 0 Å². The molecule has 2 aliphatic rings. The van der Waals surface area contributed by atoms with E-state index in [-0.39, 0.29) is 18.6 Å². The number of nitrogens with zero attached hydrogens (tertiary/aromatic N) is 1. The van der Waals surface area contributed by atoms with Gasteiger partial charge in [-0.3, -0.25) is 9.59 Å². The second-order valence-corrected chi connectivity index (χ2v) is 5.74. The van der Waals surface area contributed by atoms with Gasteiger partial charge in [0.25, 0.3) is 0 Å². The highest BCUT2D eigenvalue weighted by Crippen LogP contribution is 2.20. The maximum Gasteiger partial charge on any atom is 0.311 e. The lowest BCUT2D eigenvalue weighted by molar-refractivity contribution is -0.144. The third-order valence-corrected chi connectivity index (χ3v) is 4.38. The first-order chi connectivity index (χ1) is 9.59. The van der Waals surface area contributed by atoms with Crippen LogP contribution in [0.3, 0.4) is 0 Å². The summed E-state index contributed by atoms with van der Waals surface area (Å²) in [5.41, 5.74) is 0. The third kappa shape index (κ3) is 3.70. The number of hydrogen-bond acceptors (Lipinski definition) is 4. The summed E-state index contributed by atoms with van der Waals surface area (Å²) in [5.74, 6) is -1.48. The number of nitrogens with one attached hydrogen (secondary N) is 1. The van der Waals surface area contributed by atoms with E-state index < -0.39 is 11.9 Å². The maximum absolute atomic E-state index is 12.2. The predicted octanol–water partition coefficient (Wildman–Crippen LogP) is 0.467. The number of amides is 1. The highest BCUT2D eigenvalue weighted by Gasteiger charge is 2.38. The van der Waals surface area contributed by atoms with E-state index in [9.17, 15) is 9.59 Å². The first-order valence-electron chi connectivity index (χ1n) is 7.39. The molecule has 3 unspecified atom stereocenters. The molecule has 0 radical (unpaired) electrons. The van der Waals surface area contributed by atoms with Crippen LogP contribution in [0.5, 0.6) is 0 Å². The zero-order chi connectivity index (χ0) is 14.5. The Balaban J connectivity index is 1.80. The third-order valence-electron chi connectivity index (χ3n) is 4.38. The van der Waals surface area contributed by atoms with Crippen molar-refractivity contribution in [2.24, 2.45) is 5.92 Å². The van der Waals surface area contributed by atoms with Crippen LogP contribution in [-0.4, -0.2) is 60.8 Å². The van der Waals surface area contributed by atoms with E-state index in [4.69, 9.17) is 9.84 Å². The Morgan fingerprint density at radius 2 is 2.15 bits per heavy atom. The summed E-state index contributed by atoms with van der Waals surface area (Å²) in [4.78, 5) is 24.9. The number of likely N-dealkylation sites (N-methyl/N-ethyl adjacent to an activating group) is 1. The van der Waals surface area contributed by atoms with Gasteiger partial charge in [-0.1, -0.05) is 6.42 Å². The fourth-order valence-corrected chi connectivity index (χ4v) is 2.99. The van der Waals surface area contributed by atoms with Crippen molar-refractivity contribution in [3.05, 3.63) is 0 Å². The molecule has 2 heterocycles. The van der Waals surface area contributed by atoms with Crippen molar-refractivity contribution in [1.29, 1.82) is 0 Å². The molecule has 0 bridgehead atoms. The standard InChI is InChI=1S/C14H24N2O4/c1-16(12-9-20-8-11(12)14(18)19)13(17)6-5-10-4-2-3-7-15-10/h10-12,15H,2-9H2,1H3,(H,18,19). The van der Waals surface area contributed by atoms with Crippen molar-refractivity contribution in [2.45, 2.75) is 44.2 Å². The normalized spacial score (nSPS) is 30.1. The van der Waals surface area contributed by atoms with E-state index in [2.05, 4.69) is 5.32 Å². The lowest BCUT2D eigenvalue weighted by atomic mass is 9.99. The molecule has 2 aliphatic heterocycles. The number of hydrogen-bond donors (Lipinski definition) is 2. The Hall–Kier alpha value is -1.14. The minimum absolute atomic E-state index is 0.0131. The van der Waals surface area contributed by atoms with E-state index in [1.807, 2.05) is 0 Å². The molecule has 20 heavy (non-hydrogen) atoms. The molecule has 0 spiro atoms. The molecule has 114 valence electrons. The second kappa shape index (κ2) is 7.04. The first-order valence-corrected chi connectivity index (χ1v) is 7.39. The minimum atomic E-state index is -0.888. The van der Waals surface area contributed by atoms with Gasteiger partial charge < -0.3 is 20.1 Å². The quantitative estimate of drug-likeness (QED) is 0.767. The van der Waals surface area contributed by atoms with Gasteiger partial charge in [-0.05, 0) is 25.8 Å². The SMILES string of the molecule is CN(C(=O)CCC1CCCCN1)C1COCC1C(=O)O. The van der Waals surface area contributed by atoms with Crippen LogP contribution in [0, 0.1) is 5.92 Å². The smallest absolute Gasteiger partial charge is 0.311 e. The Kier molecular flexibility index (Phi) is 5.37. The first kappa shape index (κ1) is 15.3. The fraction of sp³-hybridized carbons (Fsp3) is 0.857. The van der Waals surface area contributed by atoms with Crippen LogP contribution in [0.2, 0.25) is 0 Å². The van der Waals surface area contributed by atoms with E-state index in [1.165, 1.54) is 12.8 Å². The lowest BCUT2D eigenvalue weighted by Crippen LogP contribution is -2.44. The summed E-state index contributed by atoms with van der Waals surface area (Å²) in [6.45, 7) is 1.55. The highest BCUT2D eigenvalue weighted by atomic mass is 16.5. The monoisotopic (exact) mass is 284 g/mol. The fourth-order valence-electron chi connectivity index (χ4n) is 2.99. The Labute approximate surface area is 119 Å². The minimum Gasteiger partial charge on any atom is -0.481 e. The number of aliphatic carboxylic acids is 1. The average molecular weight is 284 g/mol. The number of piperidine rings is 1.